The molecule has 1 aromatic heterocycles. The van der Waals surface area contributed by atoms with Gasteiger partial charge in [0.05, 0.1) is 0 Å². The number of amides is 1. The molecular weight excluding hydrogens is 305 g/mol. The highest BCUT2D eigenvalue weighted by Gasteiger charge is 2.33. The summed E-state index contributed by atoms with van der Waals surface area (Å²) in [6.45, 7) is 1.35. The summed E-state index contributed by atoms with van der Waals surface area (Å²) in [4.78, 5) is 14.3. The molecule has 1 aromatic carbocycles. The highest BCUT2D eigenvalue weighted by molar-refractivity contribution is 7.09. The number of nitrogens with zero attached hydrogens (tertiary/aromatic N) is 1. The van der Waals surface area contributed by atoms with Crippen LogP contribution in [0.15, 0.2) is 29.6 Å². The van der Waals surface area contributed by atoms with E-state index in [1.807, 2.05) is 0 Å². The van der Waals surface area contributed by atoms with Crippen LogP contribution in [-0.4, -0.2) is 10.9 Å². The number of aromatic nitrogens is 1. The number of nitrogens with one attached hydrogen (secondary N) is 1. The largest absolute Gasteiger partial charge is 0.486 e. The average Bonchev–Trinajstić information content (AvgIpc) is 2.86. The Morgan fingerprint density at radius 2 is 2.00 bits per heavy atom. The first-order chi connectivity index (χ1) is 9.84. The third kappa shape index (κ3) is 4.45. The number of hydrogen-bond acceptors (Lipinski definition) is 4. The average molecular weight is 316 g/mol. The van der Waals surface area contributed by atoms with Crippen molar-refractivity contribution in [2.24, 2.45) is 0 Å². The molecule has 0 bridgehead atoms. The smallest absolute Gasteiger partial charge is 0.434 e. The minimum absolute atomic E-state index is 0.0414. The monoisotopic (exact) mass is 316 g/mol. The van der Waals surface area contributed by atoms with Crippen molar-refractivity contribution in [2.45, 2.75) is 19.7 Å². The summed E-state index contributed by atoms with van der Waals surface area (Å²) >= 11 is 0.894. The summed E-state index contributed by atoms with van der Waals surface area (Å²) in [7, 11) is 0. The molecule has 1 heterocycles. The van der Waals surface area contributed by atoms with Gasteiger partial charge in [-0.1, -0.05) is 0 Å². The van der Waals surface area contributed by atoms with Gasteiger partial charge in [-0.15, -0.1) is 11.3 Å². The van der Waals surface area contributed by atoms with Gasteiger partial charge in [-0.2, -0.15) is 13.2 Å². The van der Waals surface area contributed by atoms with Crippen molar-refractivity contribution in [3.8, 4) is 5.75 Å². The second-order valence-electron chi connectivity index (χ2n) is 4.12. The number of carbonyl (C=O) groups is 1. The van der Waals surface area contributed by atoms with E-state index in [1.165, 1.54) is 6.92 Å². The first-order valence-electron chi connectivity index (χ1n) is 5.86. The van der Waals surface area contributed by atoms with E-state index in [0.29, 0.717) is 11.4 Å². The van der Waals surface area contributed by atoms with Gasteiger partial charge in [0.2, 0.25) is 5.91 Å². The van der Waals surface area contributed by atoms with Crippen LogP contribution in [0.4, 0.5) is 18.9 Å². The van der Waals surface area contributed by atoms with Crippen molar-refractivity contribution in [2.75, 3.05) is 5.32 Å². The van der Waals surface area contributed by atoms with Crippen LogP contribution in [0.1, 0.15) is 17.6 Å². The van der Waals surface area contributed by atoms with Crippen molar-refractivity contribution in [3.05, 3.63) is 40.3 Å². The quantitative estimate of drug-likeness (QED) is 0.936. The Balaban J connectivity index is 1.94. The van der Waals surface area contributed by atoms with E-state index >= 15 is 0 Å². The maximum Gasteiger partial charge on any atom is 0.434 e. The predicted octanol–water partition coefficient (Wildman–Crippen LogP) is 3.70. The first kappa shape index (κ1) is 15.3. The molecule has 0 aliphatic carbocycles. The lowest BCUT2D eigenvalue weighted by molar-refractivity contribution is -0.140. The maximum atomic E-state index is 12.4. The molecule has 8 heteroatoms. The van der Waals surface area contributed by atoms with Crippen molar-refractivity contribution in [1.29, 1.82) is 0 Å². The van der Waals surface area contributed by atoms with Gasteiger partial charge < -0.3 is 10.1 Å². The van der Waals surface area contributed by atoms with E-state index in [1.54, 1.807) is 24.3 Å². The Morgan fingerprint density at radius 1 is 1.33 bits per heavy atom. The first-order valence-corrected chi connectivity index (χ1v) is 6.74. The fourth-order valence-electron chi connectivity index (χ4n) is 1.49. The maximum absolute atomic E-state index is 12.4. The molecule has 0 spiro atoms. The number of rotatable bonds is 4. The van der Waals surface area contributed by atoms with Crippen LogP contribution in [-0.2, 0) is 17.6 Å². The van der Waals surface area contributed by atoms with E-state index in [4.69, 9.17) is 4.74 Å². The van der Waals surface area contributed by atoms with Gasteiger partial charge in [0.25, 0.3) is 0 Å². The number of alkyl halides is 3. The molecule has 0 unspecified atom stereocenters. The van der Waals surface area contributed by atoms with Crippen molar-refractivity contribution in [1.82, 2.24) is 4.98 Å². The second-order valence-corrected chi connectivity index (χ2v) is 5.06. The minimum atomic E-state index is -4.44. The molecule has 0 saturated heterocycles. The zero-order valence-electron chi connectivity index (χ0n) is 10.9. The summed E-state index contributed by atoms with van der Waals surface area (Å²) in [5.74, 6) is 0.291. The molecule has 2 rings (SSSR count). The number of halogens is 3. The Labute approximate surface area is 122 Å². The zero-order valence-corrected chi connectivity index (χ0v) is 11.7. The Kier molecular flexibility index (Phi) is 4.46. The van der Waals surface area contributed by atoms with Gasteiger partial charge in [0.15, 0.2) is 5.69 Å². The molecule has 4 nitrogen and oxygen atoms in total. The van der Waals surface area contributed by atoms with Crippen LogP contribution in [0.5, 0.6) is 5.75 Å². The summed E-state index contributed by atoms with van der Waals surface area (Å²) in [5, 5.41) is 3.80. The topological polar surface area (TPSA) is 51.2 Å². The number of benzene rings is 1. The predicted molar refractivity (Wildman–Crippen MR) is 72.2 cm³/mol. The molecule has 112 valence electrons. The molecule has 1 N–H and O–H groups in total. The molecule has 21 heavy (non-hydrogen) atoms. The van der Waals surface area contributed by atoms with E-state index < -0.39 is 11.9 Å². The Morgan fingerprint density at radius 3 is 2.52 bits per heavy atom. The second kappa shape index (κ2) is 6.13. The van der Waals surface area contributed by atoms with Crippen LogP contribution >= 0.6 is 11.3 Å². The number of anilines is 1. The Bertz CT molecular complexity index is 623. The lowest BCUT2D eigenvalue weighted by atomic mass is 10.3. The third-order valence-corrected chi connectivity index (χ3v) is 3.20. The van der Waals surface area contributed by atoms with Crippen molar-refractivity contribution >= 4 is 22.9 Å². The summed E-state index contributed by atoms with van der Waals surface area (Å²) in [5.41, 5.74) is -0.296. The van der Waals surface area contributed by atoms with E-state index in [2.05, 4.69) is 10.3 Å². The van der Waals surface area contributed by atoms with Gasteiger partial charge in [-0.3, -0.25) is 4.79 Å². The minimum Gasteiger partial charge on any atom is -0.486 e. The number of ether oxygens (including phenoxy) is 1. The third-order valence-electron chi connectivity index (χ3n) is 2.38. The SMILES string of the molecule is CC(=O)Nc1ccc(OCc2nc(C(F)(F)F)cs2)cc1. The molecule has 0 saturated carbocycles. The molecule has 2 aromatic rings. The van der Waals surface area contributed by atoms with Crippen molar-refractivity contribution in [3.63, 3.8) is 0 Å². The fourth-order valence-corrected chi connectivity index (χ4v) is 2.20. The molecule has 0 aliphatic rings. The highest BCUT2D eigenvalue weighted by Crippen LogP contribution is 2.30. The van der Waals surface area contributed by atoms with Crippen LogP contribution in [0, 0.1) is 0 Å². The number of carbonyl (C=O) groups excluding carboxylic acids is 1. The fraction of sp³-hybridized carbons (Fsp3) is 0.231. The molecule has 1 amide bonds. The lowest BCUT2D eigenvalue weighted by Gasteiger charge is -2.06. The summed E-state index contributed by atoms with van der Waals surface area (Å²) < 4.78 is 42.5. The zero-order chi connectivity index (χ0) is 15.5. The molecule has 0 radical (unpaired) electrons. The van der Waals surface area contributed by atoms with Gasteiger partial charge >= 0.3 is 6.18 Å². The van der Waals surface area contributed by atoms with Gasteiger partial charge in [-0.25, -0.2) is 4.98 Å². The Hall–Kier alpha value is -2.09. The van der Waals surface area contributed by atoms with E-state index in [0.717, 1.165) is 16.7 Å². The van der Waals surface area contributed by atoms with Crippen LogP contribution < -0.4 is 10.1 Å². The van der Waals surface area contributed by atoms with E-state index in [-0.39, 0.29) is 17.5 Å². The van der Waals surface area contributed by atoms with Crippen LogP contribution in [0.3, 0.4) is 0 Å². The van der Waals surface area contributed by atoms with Gasteiger partial charge in [-0.05, 0) is 24.3 Å². The van der Waals surface area contributed by atoms with Gasteiger partial charge in [0.1, 0.15) is 17.4 Å². The summed E-state index contributed by atoms with van der Waals surface area (Å²) in [6, 6.07) is 6.51. The molecule has 0 aliphatic heterocycles. The molecular formula is C13H11F3N2O2S. The van der Waals surface area contributed by atoms with Crippen molar-refractivity contribution < 1.29 is 22.7 Å². The molecule has 0 atom stereocenters. The summed E-state index contributed by atoms with van der Waals surface area (Å²) in [6.07, 6.45) is -4.44. The number of hydrogen-bond donors (Lipinski definition) is 1. The van der Waals surface area contributed by atoms with Gasteiger partial charge in [0, 0.05) is 18.0 Å². The molecule has 0 fully saturated rings. The highest BCUT2D eigenvalue weighted by atomic mass is 32.1. The lowest BCUT2D eigenvalue weighted by Crippen LogP contribution is -2.06. The number of thiazole rings is 1. The normalized spacial score (nSPS) is 11.2. The van der Waals surface area contributed by atoms with Crippen LogP contribution in [0.25, 0.3) is 0 Å². The van der Waals surface area contributed by atoms with E-state index in [9.17, 15) is 18.0 Å². The standard InChI is InChI=1S/C13H11F3N2O2S/c1-8(19)17-9-2-4-10(5-3-9)20-6-12-18-11(7-21-12)13(14,15)16/h2-5,7H,6H2,1H3,(H,17,19). The van der Waals surface area contributed by atoms with Crippen LogP contribution in [0.2, 0.25) is 0 Å².